The first-order chi connectivity index (χ1) is 9.44. The zero-order valence-corrected chi connectivity index (χ0v) is 11.5. The molecule has 0 saturated heterocycles. The van der Waals surface area contributed by atoms with Gasteiger partial charge in [0, 0.05) is 11.9 Å². The molecule has 2 rings (SSSR count). The molecule has 106 valence electrons. The molecule has 0 bridgehead atoms. The van der Waals surface area contributed by atoms with Gasteiger partial charge in [0.05, 0.1) is 16.0 Å². The minimum Gasteiger partial charge on any atom is -0.388 e. The summed E-state index contributed by atoms with van der Waals surface area (Å²) in [5, 5.41) is 24.8. The van der Waals surface area contributed by atoms with E-state index in [4.69, 9.17) is 0 Å². The number of rotatable bonds is 5. The quantitative estimate of drug-likeness (QED) is 0.647. The molecular weight excluding hydrogens is 258 g/mol. The molecule has 0 radical (unpaired) electrons. The van der Waals surface area contributed by atoms with Crippen molar-refractivity contribution in [2.75, 3.05) is 11.9 Å². The van der Waals surface area contributed by atoms with Crippen molar-refractivity contribution in [2.45, 2.75) is 25.9 Å². The van der Waals surface area contributed by atoms with E-state index in [1.54, 1.807) is 25.1 Å². The lowest BCUT2D eigenvalue weighted by Gasteiger charge is -2.22. The van der Waals surface area contributed by atoms with Crippen LogP contribution in [0.5, 0.6) is 0 Å². The molecule has 0 fully saturated rings. The highest BCUT2D eigenvalue weighted by Gasteiger charge is 2.22. The Bertz CT molecular complexity index is 641. The molecule has 1 aromatic carbocycles. The molecule has 1 heterocycles. The van der Waals surface area contributed by atoms with E-state index in [9.17, 15) is 15.2 Å². The number of hydrogen-bond donors (Lipinski definition) is 2. The lowest BCUT2D eigenvalue weighted by Crippen LogP contribution is -2.32. The number of para-hydroxylation sites is 1. The van der Waals surface area contributed by atoms with Crippen molar-refractivity contribution in [2.24, 2.45) is 0 Å². The molecule has 0 aliphatic rings. The number of aliphatic hydroxyl groups is 1. The Labute approximate surface area is 116 Å². The van der Waals surface area contributed by atoms with Gasteiger partial charge >= 0.3 is 5.69 Å². The lowest BCUT2D eigenvalue weighted by atomic mass is 10.0. The van der Waals surface area contributed by atoms with Crippen LogP contribution in [0.25, 0.3) is 10.9 Å². The second-order valence-corrected chi connectivity index (χ2v) is 5.00. The van der Waals surface area contributed by atoms with Gasteiger partial charge in [-0.2, -0.15) is 0 Å². The molecule has 1 atom stereocenters. The van der Waals surface area contributed by atoms with Crippen molar-refractivity contribution < 1.29 is 10.0 Å². The molecule has 1 unspecified atom stereocenters. The molecule has 6 heteroatoms. The summed E-state index contributed by atoms with van der Waals surface area (Å²) in [6.07, 6.45) is 1.79. The fourth-order valence-corrected chi connectivity index (χ4v) is 1.86. The Morgan fingerprint density at radius 1 is 1.45 bits per heavy atom. The van der Waals surface area contributed by atoms with Gasteiger partial charge in [-0.25, -0.2) is 4.98 Å². The summed E-state index contributed by atoms with van der Waals surface area (Å²) in [7, 11) is 0. The minimum absolute atomic E-state index is 0.0874. The maximum Gasteiger partial charge on any atom is 0.311 e. The number of aromatic nitrogens is 1. The van der Waals surface area contributed by atoms with Crippen LogP contribution in [0.4, 0.5) is 11.4 Å². The topological polar surface area (TPSA) is 88.3 Å². The Morgan fingerprint density at radius 2 is 2.15 bits per heavy atom. The van der Waals surface area contributed by atoms with Crippen molar-refractivity contribution >= 4 is 22.3 Å². The van der Waals surface area contributed by atoms with Crippen molar-refractivity contribution in [3.05, 3.63) is 40.6 Å². The van der Waals surface area contributed by atoms with Crippen LogP contribution in [0.1, 0.15) is 20.3 Å². The number of pyridine rings is 1. The molecular formula is C14H17N3O3. The fraction of sp³-hybridized carbons (Fsp3) is 0.357. The van der Waals surface area contributed by atoms with Gasteiger partial charge in [0.2, 0.25) is 0 Å². The maximum absolute atomic E-state index is 11.1. The van der Waals surface area contributed by atoms with E-state index in [2.05, 4.69) is 10.3 Å². The van der Waals surface area contributed by atoms with E-state index in [0.29, 0.717) is 23.0 Å². The van der Waals surface area contributed by atoms with Crippen molar-refractivity contribution in [3.63, 3.8) is 0 Å². The van der Waals surface area contributed by atoms with Gasteiger partial charge in [0.15, 0.2) is 0 Å². The van der Waals surface area contributed by atoms with E-state index < -0.39 is 10.5 Å². The predicted octanol–water partition coefficient (Wildman–Crippen LogP) is 2.72. The average molecular weight is 275 g/mol. The molecule has 2 N–H and O–H groups in total. The number of nitrogens with zero attached hydrogens (tertiary/aromatic N) is 2. The molecule has 0 saturated carbocycles. The summed E-state index contributed by atoms with van der Waals surface area (Å²) in [4.78, 5) is 14.7. The van der Waals surface area contributed by atoms with Gasteiger partial charge in [0.1, 0.15) is 11.9 Å². The van der Waals surface area contributed by atoms with Crippen LogP contribution in [-0.2, 0) is 0 Å². The molecule has 6 nitrogen and oxygen atoms in total. The lowest BCUT2D eigenvalue weighted by molar-refractivity contribution is -0.384. The van der Waals surface area contributed by atoms with E-state index in [1.165, 1.54) is 6.20 Å². The Hall–Kier alpha value is -2.21. The summed E-state index contributed by atoms with van der Waals surface area (Å²) < 4.78 is 0. The summed E-state index contributed by atoms with van der Waals surface area (Å²) >= 11 is 0. The molecule has 2 aromatic rings. The molecule has 0 aliphatic heterocycles. The molecule has 0 amide bonds. The Kier molecular flexibility index (Phi) is 3.85. The summed E-state index contributed by atoms with van der Waals surface area (Å²) in [5.74, 6) is 0. The van der Waals surface area contributed by atoms with Crippen LogP contribution >= 0.6 is 0 Å². The SMILES string of the molecule is CCC(C)(O)CNc1c([N+](=O)[O-])cnc2ccccc12. The monoisotopic (exact) mass is 275 g/mol. The molecule has 0 aliphatic carbocycles. The van der Waals surface area contributed by atoms with Crippen LogP contribution < -0.4 is 5.32 Å². The highest BCUT2D eigenvalue weighted by atomic mass is 16.6. The third-order valence-electron chi connectivity index (χ3n) is 3.36. The number of anilines is 1. The highest BCUT2D eigenvalue weighted by molar-refractivity contribution is 5.95. The van der Waals surface area contributed by atoms with E-state index in [-0.39, 0.29) is 12.2 Å². The maximum atomic E-state index is 11.1. The van der Waals surface area contributed by atoms with Crippen LogP contribution in [-0.4, -0.2) is 27.2 Å². The molecule has 1 aromatic heterocycles. The van der Waals surface area contributed by atoms with Crippen molar-refractivity contribution in [1.29, 1.82) is 0 Å². The summed E-state index contributed by atoms with van der Waals surface area (Å²) in [6.45, 7) is 3.79. The first-order valence-corrected chi connectivity index (χ1v) is 6.43. The predicted molar refractivity (Wildman–Crippen MR) is 77.8 cm³/mol. The van der Waals surface area contributed by atoms with Gasteiger partial charge in [-0.05, 0) is 19.4 Å². The van der Waals surface area contributed by atoms with Crippen LogP contribution in [0, 0.1) is 10.1 Å². The zero-order chi connectivity index (χ0) is 14.8. The molecule has 20 heavy (non-hydrogen) atoms. The number of nitro groups is 1. The third-order valence-corrected chi connectivity index (χ3v) is 3.36. The largest absolute Gasteiger partial charge is 0.388 e. The minimum atomic E-state index is -0.918. The Morgan fingerprint density at radius 3 is 2.80 bits per heavy atom. The number of nitrogens with one attached hydrogen (secondary N) is 1. The van der Waals surface area contributed by atoms with Crippen molar-refractivity contribution in [1.82, 2.24) is 4.98 Å². The first-order valence-electron chi connectivity index (χ1n) is 6.43. The summed E-state index contributed by atoms with van der Waals surface area (Å²) in [6, 6.07) is 7.20. The normalized spacial score (nSPS) is 13.9. The number of benzene rings is 1. The summed E-state index contributed by atoms with van der Waals surface area (Å²) in [5.41, 5.74) is 0.0692. The van der Waals surface area contributed by atoms with E-state index in [0.717, 1.165) is 0 Å². The second-order valence-electron chi connectivity index (χ2n) is 5.00. The first kappa shape index (κ1) is 14.2. The van der Waals surface area contributed by atoms with Crippen LogP contribution in [0.2, 0.25) is 0 Å². The van der Waals surface area contributed by atoms with Gasteiger partial charge in [-0.1, -0.05) is 25.1 Å². The average Bonchev–Trinajstić information content (AvgIpc) is 2.44. The standard InChI is InChI=1S/C14H17N3O3/c1-3-14(2,18)9-16-13-10-6-4-5-7-11(10)15-8-12(13)17(19)20/h4-8,18H,3,9H2,1-2H3,(H,15,16). The van der Waals surface area contributed by atoms with E-state index in [1.807, 2.05) is 13.0 Å². The molecule has 0 spiro atoms. The van der Waals surface area contributed by atoms with Gasteiger partial charge in [0.25, 0.3) is 0 Å². The van der Waals surface area contributed by atoms with Gasteiger partial charge < -0.3 is 10.4 Å². The second kappa shape index (κ2) is 5.42. The van der Waals surface area contributed by atoms with Crippen LogP contribution in [0.15, 0.2) is 30.5 Å². The van der Waals surface area contributed by atoms with Gasteiger partial charge in [-0.3, -0.25) is 10.1 Å². The fourth-order valence-electron chi connectivity index (χ4n) is 1.86. The van der Waals surface area contributed by atoms with Crippen LogP contribution in [0.3, 0.4) is 0 Å². The zero-order valence-electron chi connectivity index (χ0n) is 11.5. The Balaban J connectivity index is 2.47. The van der Waals surface area contributed by atoms with Crippen molar-refractivity contribution in [3.8, 4) is 0 Å². The van der Waals surface area contributed by atoms with E-state index >= 15 is 0 Å². The third kappa shape index (κ3) is 2.85. The highest BCUT2D eigenvalue weighted by Crippen LogP contribution is 2.31. The number of fused-ring (bicyclic) bond motifs is 1. The smallest absolute Gasteiger partial charge is 0.311 e. The number of hydrogen-bond acceptors (Lipinski definition) is 5. The van der Waals surface area contributed by atoms with Gasteiger partial charge in [-0.15, -0.1) is 0 Å².